The molecule has 10 heteroatoms. The molecular formula is C49H61N3O7. The van der Waals surface area contributed by atoms with Crippen molar-refractivity contribution < 1.29 is 33.2 Å². The minimum atomic E-state index is -0.174. The van der Waals surface area contributed by atoms with Gasteiger partial charge in [0.1, 0.15) is 5.75 Å². The highest BCUT2D eigenvalue weighted by Crippen LogP contribution is 2.52. The summed E-state index contributed by atoms with van der Waals surface area (Å²) in [6.07, 6.45) is 13.0. The van der Waals surface area contributed by atoms with Gasteiger partial charge in [-0.2, -0.15) is 0 Å². The number of amides is 1. The first-order valence-electron chi connectivity index (χ1n) is 21.2. The maximum Gasteiger partial charge on any atom is 0.224 e. The van der Waals surface area contributed by atoms with E-state index in [2.05, 4.69) is 66.1 Å². The van der Waals surface area contributed by atoms with Gasteiger partial charge in [0.15, 0.2) is 34.5 Å². The van der Waals surface area contributed by atoms with Crippen LogP contribution < -0.4 is 33.7 Å². The van der Waals surface area contributed by atoms with Crippen molar-refractivity contribution in [2.45, 2.75) is 89.1 Å². The highest BCUT2D eigenvalue weighted by Gasteiger charge is 2.35. The van der Waals surface area contributed by atoms with Crippen LogP contribution in [0.4, 0.5) is 5.69 Å². The molecule has 4 aliphatic rings. The topological polar surface area (TPSA) is 91.0 Å². The quantitative estimate of drug-likeness (QED) is 0.0988. The molecule has 4 aromatic carbocycles. The minimum Gasteiger partial charge on any atom is -0.493 e. The largest absolute Gasteiger partial charge is 0.493 e. The number of benzene rings is 4. The molecule has 0 aromatic heterocycles. The van der Waals surface area contributed by atoms with E-state index >= 15 is 0 Å². The molecule has 10 nitrogen and oxygen atoms in total. The Hall–Kier alpha value is -5.19. The molecule has 4 heterocycles. The number of likely N-dealkylation sites (N-methyl/N-ethyl adjacent to an activating group) is 2. The van der Waals surface area contributed by atoms with Crippen LogP contribution in [0.5, 0.6) is 46.0 Å². The number of fused-ring (bicyclic) bond motifs is 2. The highest BCUT2D eigenvalue weighted by molar-refractivity contribution is 5.92. The van der Waals surface area contributed by atoms with Crippen LogP contribution in [0.25, 0.3) is 0 Å². The van der Waals surface area contributed by atoms with Gasteiger partial charge in [-0.3, -0.25) is 14.6 Å². The van der Waals surface area contributed by atoms with Crippen LogP contribution in [0.15, 0.2) is 67.3 Å². The van der Waals surface area contributed by atoms with E-state index < -0.39 is 0 Å². The first kappa shape index (κ1) is 42.0. The highest BCUT2D eigenvalue weighted by atomic mass is 16.5. The van der Waals surface area contributed by atoms with Crippen LogP contribution in [0.3, 0.4) is 0 Å². The van der Waals surface area contributed by atoms with E-state index in [1.807, 2.05) is 30.3 Å². The van der Waals surface area contributed by atoms with Gasteiger partial charge >= 0.3 is 0 Å². The lowest BCUT2D eigenvalue weighted by molar-refractivity contribution is -0.116. The minimum absolute atomic E-state index is 0.0186. The third kappa shape index (κ3) is 9.34. The van der Waals surface area contributed by atoms with Gasteiger partial charge in [-0.25, -0.2) is 0 Å². The van der Waals surface area contributed by atoms with Crippen molar-refractivity contribution >= 4 is 11.6 Å². The summed E-state index contributed by atoms with van der Waals surface area (Å²) in [5.41, 5.74) is 7.38. The predicted molar refractivity (Wildman–Crippen MR) is 233 cm³/mol. The molecule has 0 fully saturated rings. The number of rotatable bonds is 14. The van der Waals surface area contributed by atoms with Crippen LogP contribution in [0.2, 0.25) is 0 Å². The van der Waals surface area contributed by atoms with Crippen molar-refractivity contribution in [2.24, 2.45) is 0 Å². The van der Waals surface area contributed by atoms with Crippen LogP contribution >= 0.6 is 0 Å². The smallest absolute Gasteiger partial charge is 0.224 e. The van der Waals surface area contributed by atoms with Gasteiger partial charge in [0.05, 0.1) is 28.4 Å². The summed E-state index contributed by atoms with van der Waals surface area (Å²) in [5, 5.41) is 3.28. The normalized spacial score (nSPS) is 17.4. The second-order valence-electron chi connectivity index (χ2n) is 16.1. The summed E-state index contributed by atoms with van der Waals surface area (Å²) < 4.78 is 37.8. The fourth-order valence-corrected chi connectivity index (χ4v) is 8.95. The maximum atomic E-state index is 13.6. The fourth-order valence-electron chi connectivity index (χ4n) is 8.95. The van der Waals surface area contributed by atoms with Crippen LogP contribution in [0.1, 0.15) is 96.8 Å². The zero-order chi connectivity index (χ0) is 41.5. The number of nitrogens with one attached hydrogen (secondary N) is 1. The molecule has 8 rings (SSSR count). The van der Waals surface area contributed by atoms with Gasteiger partial charge in [-0.15, -0.1) is 6.58 Å². The van der Waals surface area contributed by atoms with E-state index in [0.717, 1.165) is 74.7 Å². The number of ether oxygens (including phenoxy) is 6. The lowest BCUT2D eigenvalue weighted by Gasteiger charge is -2.37. The Kier molecular flexibility index (Phi) is 13.7. The van der Waals surface area contributed by atoms with E-state index in [1.54, 1.807) is 28.4 Å². The van der Waals surface area contributed by atoms with Crippen molar-refractivity contribution in [3.05, 3.63) is 101 Å². The Bertz CT molecular complexity index is 2120. The molecule has 1 amide bonds. The lowest BCUT2D eigenvalue weighted by atomic mass is 9.86. The zero-order valence-electron chi connectivity index (χ0n) is 35.8. The average molecular weight is 804 g/mol. The molecule has 4 aliphatic heterocycles. The second kappa shape index (κ2) is 19.3. The number of nitrogens with zero attached hydrogens (tertiary/aromatic N) is 2. The van der Waals surface area contributed by atoms with E-state index in [9.17, 15) is 4.79 Å². The number of allylic oxidation sites excluding steroid dienone is 1. The van der Waals surface area contributed by atoms with Crippen molar-refractivity contribution in [3.8, 4) is 46.0 Å². The monoisotopic (exact) mass is 803 g/mol. The van der Waals surface area contributed by atoms with E-state index in [1.165, 1.54) is 36.0 Å². The molecule has 59 heavy (non-hydrogen) atoms. The van der Waals surface area contributed by atoms with Crippen molar-refractivity contribution in [2.75, 3.05) is 60.9 Å². The van der Waals surface area contributed by atoms with Gasteiger partial charge in [0, 0.05) is 48.9 Å². The van der Waals surface area contributed by atoms with Crippen LogP contribution in [-0.2, 0) is 30.5 Å². The lowest BCUT2D eigenvalue weighted by Crippen LogP contribution is -2.34. The van der Waals surface area contributed by atoms with E-state index in [4.69, 9.17) is 28.4 Å². The zero-order valence-corrected chi connectivity index (χ0v) is 35.8. The number of anilines is 1. The van der Waals surface area contributed by atoms with Gasteiger partial charge in [-0.1, -0.05) is 43.9 Å². The standard InChI is InChI=1S/C49H61N3O7/c1-8-9-10-11-12-13-14-15-16-46(53)50-38-31-42(55-5)43-29-35(38)26-40-47-34(22-24-52(40)3)28-45(56-6)48(57-7)49(47)59-44-30-37-33(27-41(44)54-4)21-23-51(2)39(37)25-32-17-19-36(58-43)20-18-32/h8,17-20,27-31,39-40H,1,9-16,21-26H2,2-7H3,(H,50,53)/t39-,40-/m0/s1. The average Bonchev–Trinajstić information content (AvgIpc) is 3.24. The first-order valence-corrected chi connectivity index (χ1v) is 21.2. The maximum absolute atomic E-state index is 13.6. The molecule has 0 radical (unpaired) electrons. The Morgan fingerprint density at radius 1 is 0.729 bits per heavy atom. The summed E-state index contributed by atoms with van der Waals surface area (Å²) in [6.45, 7) is 5.57. The Labute approximate surface area is 350 Å². The second-order valence-corrected chi connectivity index (χ2v) is 16.1. The van der Waals surface area contributed by atoms with E-state index in [-0.39, 0.29) is 18.0 Å². The molecule has 6 bridgehead atoms. The van der Waals surface area contributed by atoms with Crippen molar-refractivity contribution in [1.29, 1.82) is 0 Å². The van der Waals surface area contributed by atoms with Crippen LogP contribution in [-0.4, -0.2) is 71.3 Å². The Morgan fingerprint density at radius 2 is 1.37 bits per heavy atom. The first-order chi connectivity index (χ1) is 28.7. The summed E-state index contributed by atoms with van der Waals surface area (Å²) in [6, 6.07) is 18.6. The molecule has 0 spiro atoms. The molecule has 0 saturated carbocycles. The summed E-state index contributed by atoms with van der Waals surface area (Å²) in [5.74, 6) is 4.80. The summed E-state index contributed by atoms with van der Waals surface area (Å²) >= 11 is 0. The molecular weight excluding hydrogens is 743 g/mol. The number of carbonyl (C=O) groups is 1. The Balaban J connectivity index is 1.33. The summed E-state index contributed by atoms with van der Waals surface area (Å²) in [4.78, 5) is 18.4. The van der Waals surface area contributed by atoms with Crippen molar-refractivity contribution in [3.63, 3.8) is 0 Å². The molecule has 0 unspecified atom stereocenters. The third-order valence-electron chi connectivity index (χ3n) is 12.3. The molecule has 0 aliphatic carbocycles. The molecule has 314 valence electrons. The number of carbonyl (C=O) groups excluding carboxylic acids is 1. The van der Waals surface area contributed by atoms with Crippen LogP contribution in [0, 0.1) is 0 Å². The number of unbranched alkanes of at least 4 members (excludes halogenated alkanes) is 6. The number of methoxy groups -OCH3 is 4. The number of hydrogen-bond donors (Lipinski definition) is 1. The number of hydrogen-bond acceptors (Lipinski definition) is 9. The SMILES string of the molecule is C=CCCCCCCCCC(=O)Nc1cc(OC)c2cc1C[C@H]1c3c(cc(OC)c(OC)c3Oc3cc4c(cc3OC)CCN(C)[C@H]4Cc3ccc(cc3)O2)CCN1C. The third-order valence-corrected chi connectivity index (χ3v) is 12.3. The van der Waals surface area contributed by atoms with Gasteiger partial charge in [0.25, 0.3) is 0 Å². The van der Waals surface area contributed by atoms with Gasteiger partial charge in [0.2, 0.25) is 11.7 Å². The Morgan fingerprint density at radius 3 is 2.08 bits per heavy atom. The van der Waals surface area contributed by atoms with Crippen molar-refractivity contribution in [1.82, 2.24) is 9.80 Å². The van der Waals surface area contributed by atoms with Gasteiger partial charge < -0.3 is 33.7 Å². The molecule has 2 atom stereocenters. The fraction of sp³-hybridized carbons (Fsp3) is 0.449. The van der Waals surface area contributed by atoms with Gasteiger partial charge in [-0.05, 0) is 123 Å². The predicted octanol–water partition coefficient (Wildman–Crippen LogP) is 10.4. The molecule has 4 aromatic rings. The summed E-state index contributed by atoms with van der Waals surface area (Å²) in [7, 11) is 11.0. The molecule has 1 N–H and O–H groups in total. The van der Waals surface area contributed by atoms with E-state index in [0.29, 0.717) is 64.5 Å². The molecule has 0 saturated heterocycles.